The summed E-state index contributed by atoms with van der Waals surface area (Å²) in [6, 6.07) is 0. The van der Waals surface area contributed by atoms with Gasteiger partial charge in [0.1, 0.15) is 0 Å². The SMILES string of the molecule is C=C=S1C=CC(CCC)=C1. The molecule has 0 spiro atoms. The Hall–Kier alpha value is -0.520. The lowest BCUT2D eigenvalue weighted by Crippen LogP contribution is -1.70. The molecule has 1 unspecified atom stereocenters. The van der Waals surface area contributed by atoms with Gasteiger partial charge in [-0.25, -0.2) is 0 Å². The van der Waals surface area contributed by atoms with Gasteiger partial charge in [0.2, 0.25) is 0 Å². The molecule has 0 aromatic carbocycles. The molecule has 1 atom stereocenters. The van der Waals surface area contributed by atoms with Gasteiger partial charge in [-0.3, -0.25) is 0 Å². The quantitative estimate of drug-likeness (QED) is 0.533. The molecular formula is C9H12S. The maximum absolute atomic E-state index is 3.63. The highest BCUT2D eigenvalue weighted by atomic mass is 32.2. The number of hydrogen-bond acceptors (Lipinski definition) is 0. The van der Waals surface area contributed by atoms with Crippen LogP contribution in [-0.2, 0) is 0 Å². The number of rotatable bonds is 2. The van der Waals surface area contributed by atoms with Gasteiger partial charge in [0.25, 0.3) is 0 Å². The molecule has 0 saturated heterocycles. The maximum Gasteiger partial charge on any atom is -0.0201 e. The molecule has 1 aliphatic rings. The second kappa shape index (κ2) is 3.60. The van der Waals surface area contributed by atoms with Crippen LogP contribution < -0.4 is 0 Å². The van der Waals surface area contributed by atoms with Crippen LogP contribution in [0, 0.1) is 0 Å². The van der Waals surface area contributed by atoms with Crippen molar-refractivity contribution in [3.8, 4) is 0 Å². The van der Waals surface area contributed by atoms with Crippen LogP contribution in [0.25, 0.3) is 0 Å². The van der Waals surface area contributed by atoms with Gasteiger partial charge in [0, 0.05) is 0 Å². The van der Waals surface area contributed by atoms with Crippen LogP contribution in [0.1, 0.15) is 19.8 Å². The molecule has 1 heteroatoms. The minimum Gasteiger partial charge on any atom is -0.0951 e. The Morgan fingerprint density at radius 3 is 3.00 bits per heavy atom. The molecule has 1 rings (SSSR count). The number of allylic oxidation sites excluding steroid dienone is 2. The molecule has 0 fully saturated rings. The Kier molecular flexibility index (Phi) is 2.73. The molecule has 0 amide bonds. The van der Waals surface area contributed by atoms with Crippen molar-refractivity contribution < 1.29 is 0 Å². The van der Waals surface area contributed by atoms with Crippen LogP contribution in [0.2, 0.25) is 0 Å². The summed E-state index contributed by atoms with van der Waals surface area (Å²) in [5.74, 6) is 0. The fourth-order valence-electron chi connectivity index (χ4n) is 0.923. The third-order valence-electron chi connectivity index (χ3n) is 1.41. The van der Waals surface area contributed by atoms with Crippen LogP contribution in [0.3, 0.4) is 0 Å². The van der Waals surface area contributed by atoms with Crippen molar-refractivity contribution in [1.29, 1.82) is 0 Å². The molecule has 0 nitrogen and oxygen atoms in total. The first-order chi connectivity index (χ1) is 4.86. The Labute approximate surface area is 64.9 Å². The normalized spacial score (nSPS) is 22.5. The standard InChI is InChI=1S/C9H12S/c1-3-5-9-6-7-10(4-2)8-9/h6-8H,2-3,5H2,1H3. The monoisotopic (exact) mass is 152 g/mol. The van der Waals surface area contributed by atoms with Crippen molar-refractivity contribution in [3.05, 3.63) is 29.0 Å². The zero-order valence-electron chi connectivity index (χ0n) is 6.26. The van der Waals surface area contributed by atoms with Crippen LogP contribution in [0.5, 0.6) is 0 Å². The summed E-state index contributed by atoms with van der Waals surface area (Å²) in [4.78, 5) is 0. The van der Waals surface area contributed by atoms with Gasteiger partial charge in [0.05, 0.1) is 0 Å². The van der Waals surface area contributed by atoms with E-state index in [9.17, 15) is 0 Å². The van der Waals surface area contributed by atoms with Gasteiger partial charge in [0.15, 0.2) is 0 Å². The second-order valence-corrected chi connectivity index (χ2v) is 3.80. The topological polar surface area (TPSA) is 0 Å². The van der Waals surface area contributed by atoms with Crippen molar-refractivity contribution in [3.63, 3.8) is 0 Å². The maximum atomic E-state index is 3.63. The molecule has 1 heterocycles. The summed E-state index contributed by atoms with van der Waals surface area (Å²) in [5, 5.41) is 7.38. The molecule has 54 valence electrons. The van der Waals surface area contributed by atoms with E-state index in [-0.39, 0.29) is 10.5 Å². The van der Waals surface area contributed by atoms with E-state index in [1.165, 1.54) is 18.4 Å². The van der Waals surface area contributed by atoms with Crippen molar-refractivity contribution in [2.75, 3.05) is 0 Å². The zero-order valence-corrected chi connectivity index (χ0v) is 7.08. The van der Waals surface area contributed by atoms with E-state index < -0.39 is 0 Å². The number of hydrogen-bond donors (Lipinski definition) is 0. The van der Waals surface area contributed by atoms with Gasteiger partial charge in [-0.1, -0.05) is 34.9 Å². The van der Waals surface area contributed by atoms with Crippen molar-refractivity contribution in [2.45, 2.75) is 19.8 Å². The highest BCUT2D eigenvalue weighted by molar-refractivity contribution is 8.19. The van der Waals surface area contributed by atoms with E-state index >= 15 is 0 Å². The zero-order chi connectivity index (χ0) is 7.40. The van der Waals surface area contributed by atoms with Crippen LogP contribution >= 0.6 is 10.5 Å². The average molecular weight is 152 g/mol. The summed E-state index contributed by atoms with van der Waals surface area (Å²) in [5.41, 5.74) is 1.45. The van der Waals surface area contributed by atoms with Gasteiger partial charge in [-0.05, 0) is 29.4 Å². The molecule has 0 aromatic rings. The summed E-state index contributed by atoms with van der Waals surface area (Å²) >= 11 is 0. The van der Waals surface area contributed by atoms with Crippen LogP contribution in [-0.4, -0.2) is 5.02 Å². The lowest BCUT2D eigenvalue weighted by molar-refractivity contribution is 0.930. The fraction of sp³-hybridized carbons (Fsp3) is 0.333. The summed E-state index contributed by atoms with van der Waals surface area (Å²) in [7, 11) is 0.130. The van der Waals surface area contributed by atoms with E-state index in [0.29, 0.717) is 0 Å². The Bertz CT molecular complexity index is 227. The van der Waals surface area contributed by atoms with Crippen LogP contribution in [0.15, 0.2) is 29.0 Å². The first-order valence-electron chi connectivity index (χ1n) is 3.50. The largest absolute Gasteiger partial charge is 0.0951 e. The highest BCUT2D eigenvalue weighted by Crippen LogP contribution is 2.27. The minimum atomic E-state index is 0.130. The average Bonchev–Trinajstić information content (AvgIpc) is 2.37. The predicted octanol–water partition coefficient (Wildman–Crippen LogP) is 3.05. The molecule has 0 radical (unpaired) electrons. The van der Waals surface area contributed by atoms with E-state index in [0.717, 1.165) is 0 Å². The fourth-order valence-corrected chi connectivity index (χ4v) is 2.03. The first kappa shape index (κ1) is 7.59. The molecule has 0 saturated carbocycles. The summed E-state index contributed by atoms with van der Waals surface area (Å²) < 4.78 is 0. The molecule has 0 aliphatic carbocycles. The van der Waals surface area contributed by atoms with E-state index in [2.05, 4.69) is 35.4 Å². The van der Waals surface area contributed by atoms with Gasteiger partial charge in [-0.2, -0.15) is 0 Å². The summed E-state index contributed by atoms with van der Waals surface area (Å²) in [6.07, 6.45) is 4.61. The molecule has 0 N–H and O–H groups in total. The molecule has 1 aliphatic heterocycles. The molecular weight excluding hydrogens is 140 g/mol. The van der Waals surface area contributed by atoms with E-state index in [1.54, 1.807) is 0 Å². The van der Waals surface area contributed by atoms with Crippen molar-refractivity contribution >= 4 is 15.5 Å². The van der Waals surface area contributed by atoms with E-state index in [4.69, 9.17) is 0 Å². The van der Waals surface area contributed by atoms with E-state index in [1.807, 2.05) is 0 Å². The van der Waals surface area contributed by atoms with Gasteiger partial charge >= 0.3 is 0 Å². The Morgan fingerprint density at radius 2 is 2.50 bits per heavy atom. The smallest absolute Gasteiger partial charge is 0.0201 e. The predicted molar refractivity (Wildman–Crippen MR) is 50.4 cm³/mol. The highest BCUT2D eigenvalue weighted by Gasteiger charge is 1.97. The lowest BCUT2D eigenvalue weighted by atomic mass is 10.2. The molecule has 0 bridgehead atoms. The first-order valence-corrected chi connectivity index (χ1v) is 4.85. The third-order valence-corrected chi connectivity index (χ3v) is 2.73. The van der Waals surface area contributed by atoms with Crippen molar-refractivity contribution in [2.24, 2.45) is 0 Å². The molecule has 10 heavy (non-hydrogen) atoms. The Morgan fingerprint density at radius 1 is 1.70 bits per heavy atom. The molecule has 0 aromatic heterocycles. The van der Waals surface area contributed by atoms with Gasteiger partial charge < -0.3 is 0 Å². The summed E-state index contributed by atoms with van der Waals surface area (Å²) in [6.45, 7) is 5.83. The minimum absolute atomic E-state index is 0.130. The van der Waals surface area contributed by atoms with Crippen molar-refractivity contribution in [1.82, 2.24) is 0 Å². The van der Waals surface area contributed by atoms with Gasteiger partial charge in [-0.15, -0.1) is 0 Å². The Balaban J connectivity index is 2.68. The third kappa shape index (κ3) is 1.73. The lowest BCUT2D eigenvalue weighted by Gasteiger charge is -1.90. The second-order valence-electron chi connectivity index (χ2n) is 2.26. The van der Waals surface area contributed by atoms with Crippen LogP contribution in [0.4, 0.5) is 0 Å².